The van der Waals surface area contributed by atoms with Crippen molar-refractivity contribution in [2.45, 2.75) is 137 Å². The third-order valence-corrected chi connectivity index (χ3v) is 13.8. The predicted molar refractivity (Wildman–Crippen MR) is 257 cm³/mol. The van der Waals surface area contributed by atoms with Crippen LogP contribution in [0.4, 0.5) is 5.69 Å². The number of nitrogens with one attached hydrogen (secondary N) is 1. The van der Waals surface area contributed by atoms with Crippen molar-refractivity contribution < 1.29 is 53.3 Å². The third-order valence-electron chi connectivity index (χ3n) is 12.9. The first kappa shape index (κ1) is 57.4. The van der Waals surface area contributed by atoms with Gasteiger partial charge in [0.15, 0.2) is 17.7 Å². The Kier molecular flexibility index (Phi) is 22.8. The van der Waals surface area contributed by atoms with Crippen LogP contribution in [0.2, 0.25) is 0 Å². The monoisotopic (exact) mass is 946 g/mol. The summed E-state index contributed by atoms with van der Waals surface area (Å²) >= 11 is 1.12. The van der Waals surface area contributed by atoms with E-state index in [9.17, 15) is 48.6 Å². The molecule has 1 aromatic heterocycles. The molecule has 2 amide bonds. The molecule has 1 aromatic carbocycles. The highest BCUT2D eigenvalue weighted by Gasteiger charge is 2.39. The van der Waals surface area contributed by atoms with Gasteiger partial charge in [-0.3, -0.25) is 43.3 Å². The molecule has 67 heavy (non-hydrogen) atoms. The van der Waals surface area contributed by atoms with Crippen LogP contribution in [0.3, 0.4) is 0 Å². The standard InChI is InChI=1S/C51H70N4O11S/c1-14-31(6)39(27-46(61)51(9,10)54(11)12)49(63)55(13)42(30(4)5)28-45(66-33(8)56)48-53-41(29-67-48)44(60)26-35(23-32(7)50(64)65)24-34-17-22-43(59)40(25-34)52-47(62)36(18-20-37(57)15-2)19-21-38(58)16-3/h2-3,17,22,25,29-32,35-36,39,42,45,59H,14,18-21,23-24,26-28H2,1,4-13H3,(H,52,62)(H,64,65)/t31-,32?,35+,39-,42+,45+/m0/s1. The molecule has 16 heteroatoms. The first-order valence-corrected chi connectivity index (χ1v) is 23.6. The van der Waals surface area contributed by atoms with Gasteiger partial charge in [-0.15, -0.1) is 24.2 Å². The third kappa shape index (κ3) is 17.5. The second-order valence-electron chi connectivity index (χ2n) is 18.7. The quantitative estimate of drug-likeness (QED) is 0.0239. The minimum absolute atomic E-state index is 0.0280. The smallest absolute Gasteiger partial charge is 0.306 e. The summed E-state index contributed by atoms with van der Waals surface area (Å²) < 4.78 is 5.80. The summed E-state index contributed by atoms with van der Waals surface area (Å²) in [7, 11) is 5.35. The summed E-state index contributed by atoms with van der Waals surface area (Å²) in [4.78, 5) is 112. The number of phenolic OH excluding ortho intramolecular Hbond substituents is 1. The molecule has 0 aliphatic rings. The molecule has 2 aromatic rings. The number of phenols is 1. The van der Waals surface area contributed by atoms with E-state index in [0.717, 1.165) is 11.3 Å². The first-order chi connectivity index (χ1) is 31.3. The number of benzene rings is 1. The number of aromatic nitrogens is 1. The second kappa shape index (κ2) is 26.6. The van der Waals surface area contributed by atoms with Crippen molar-refractivity contribution in [2.75, 3.05) is 26.5 Å². The Bertz CT molecular complexity index is 2150. The highest BCUT2D eigenvalue weighted by Crippen LogP contribution is 2.35. The zero-order chi connectivity index (χ0) is 50.9. The Labute approximate surface area is 400 Å². The average molecular weight is 947 g/mol. The van der Waals surface area contributed by atoms with E-state index in [0.29, 0.717) is 17.0 Å². The number of hydrogen-bond acceptors (Lipinski definition) is 13. The van der Waals surface area contributed by atoms with Crippen LogP contribution >= 0.6 is 11.3 Å². The van der Waals surface area contributed by atoms with Gasteiger partial charge in [0.05, 0.1) is 17.1 Å². The number of thiazole rings is 1. The summed E-state index contributed by atoms with van der Waals surface area (Å²) in [5, 5.41) is 25.1. The first-order valence-electron chi connectivity index (χ1n) is 22.7. The summed E-state index contributed by atoms with van der Waals surface area (Å²) in [6.07, 6.45) is 10.4. The Balaban J connectivity index is 2.42. The van der Waals surface area contributed by atoms with Crippen molar-refractivity contribution >= 4 is 63.9 Å². The summed E-state index contributed by atoms with van der Waals surface area (Å²) in [5.74, 6) is -3.17. The van der Waals surface area contributed by atoms with Crippen molar-refractivity contribution in [3.8, 4) is 30.4 Å². The molecule has 3 N–H and O–H groups in total. The van der Waals surface area contributed by atoms with Crippen LogP contribution < -0.4 is 5.32 Å². The van der Waals surface area contributed by atoms with E-state index in [2.05, 4.69) is 10.3 Å². The average Bonchev–Trinajstić information content (AvgIpc) is 3.77. The number of rotatable bonds is 29. The number of carbonyl (C=O) groups excluding carboxylic acids is 7. The molecule has 0 bridgehead atoms. The van der Waals surface area contributed by atoms with Crippen molar-refractivity contribution in [1.82, 2.24) is 14.8 Å². The topological polar surface area (TPSA) is 218 Å². The van der Waals surface area contributed by atoms with Crippen LogP contribution in [0.5, 0.6) is 5.75 Å². The molecule has 0 aliphatic carbocycles. The van der Waals surface area contributed by atoms with E-state index >= 15 is 0 Å². The maximum atomic E-state index is 14.3. The molecule has 0 aliphatic heterocycles. The lowest BCUT2D eigenvalue weighted by atomic mass is 9.81. The summed E-state index contributed by atoms with van der Waals surface area (Å²) in [5.41, 5.74) is -0.0953. The number of nitrogens with zero attached hydrogens (tertiary/aromatic N) is 3. The number of amides is 2. The van der Waals surface area contributed by atoms with E-state index in [-0.39, 0.29) is 104 Å². The lowest BCUT2D eigenvalue weighted by Crippen LogP contribution is -2.50. The normalized spacial score (nSPS) is 14.2. The largest absolute Gasteiger partial charge is 0.506 e. The van der Waals surface area contributed by atoms with E-state index in [1.807, 2.05) is 72.4 Å². The Morgan fingerprint density at radius 1 is 0.925 bits per heavy atom. The van der Waals surface area contributed by atoms with Gasteiger partial charge >= 0.3 is 11.9 Å². The molecule has 0 saturated heterocycles. The zero-order valence-electron chi connectivity index (χ0n) is 41.0. The molecular formula is C51H70N4O11S. The number of likely N-dealkylation sites (N-methyl/N-ethyl adjacent to an activating group) is 1. The van der Waals surface area contributed by atoms with Gasteiger partial charge in [0.25, 0.3) is 0 Å². The number of aliphatic carboxylic acids is 1. The van der Waals surface area contributed by atoms with Crippen LogP contribution in [-0.2, 0) is 44.7 Å². The number of terminal acetylenes is 2. The molecule has 2 rings (SSSR count). The van der Waals surface area contributed by atoms with E-state index in [1.54, 1.807) is 23.4 Å². The molecule has 6 atom stereocenters. The number of aromatic hydroxyl groups is 1. The van der Waals surface area contributed by atoms with Gasteiger partial charge in [-0.25, -0.2) is 4.98 Å². The fraction of sp³-hybridized carbons (Fsp3) is 0.588. The maximum Gasteiger partial charge on any atom is 0.306 e. The van der Waals surface area contributed by atoms with Crippen molar-refractivity contribution in [2.24, 2.45) is 35.5 Å². The molecule has 15 nitrogen and oxygen atoms in total. The van der Waals surface area contributed by atoms with Crippen LogP contribution in [0.25, 0.3) is 0 Å². The number of carbonyl (C=O) groups is 8. The van der Waals surface area contributed by atoms with Crippen LogP contribution in [-0.4, -0.2) is 105 Å². The second-order valence-corrected chi connectivity index (χ2v) is 19.6. The van der Waals surface area contributed by atoms with Gasteiger partial charge in [-0.1, -0.05) is 47.1 Å². The molecule has 366 valence electrons. The Morgan fingerprint density at radius 2 is 1.52 bits per heavy atom. The fourth-order valence-corrected chi connectivity index (χ4v) is 8.61. The van der Waals surface area contributed by atoms with Crippen LogP contribution in [0.1, 0.15) is 140 Å². The molecular weight excluding hydrogens is 877 g/mol. The highest BCUT2D eigenvalue weighted by molar-refractivity contribution is 7.09. The van der Waals surface area contributed by atoms with Gasteiger partial charge in [0, 0.05) is 69.3 Å². The molecule has 0 spiro atoms. The van der Waals surface area contributed by atoms with Gasteiger partial charge < -0.3 is 25.2 Å². The zero-order valence-corrected chi connectivity index (χ0v) is 41.8. The SMILES string of the molecule is C#CC(=O)CCC(CCC(=O)C#C)C(=O)Nc1cc(C[C@H](CC(=O)c2csc([C@@H](C[C@H](C(C)C)N(C)C(=O)[C@@H](CC(=O)C(C)(C)N(C)C)[C@@H](C)CC)OC(C)=O)n2)CC(C)C(=O)O)ccc1O. The molecule has 1 heterocycles. The van der Waals surface area contributed by atoms with Crippen molar-refractivity contribution in [3.05, 3.63) is 39.8 Å². The minimum atomic E-state index is -1.06. The number of anilines is 1. The maximum absolute atomic E-state index is 14.3. The number of ether oxygens (including phenoxy) is 1. The molecule has 0 radical (unpaired) electrons. The number of carboxylic acids is 1. The van der Waals surface area contributed by atoms with E-state index in [4.69, 9.17) is 17.6 Å². The van der Waals surface area contributed by atoms with Gasteiger partial charge in [0.1, 0.15) is 16.5 Å². The predicted octanol–water partition coefficient (Wildman–Crippen LogP) is 7.35. The number of carboxylic acid groups (broad SMARTS) is 1. The van der Waals surface area contributed by atoms with Gasteiger partial charge in [-0.2, -0.15) is 0 Å². The Hall–Kier alpha value is -5.71. The summed E-state index contributed by atoms with van der Waals surface area (Å²) in [6.45, 7) is 14.3. The summed E-state index contributed by atoms with van der Waals surface area (Å²) in [6, 6.07) is 4.01. The number of Topliss-reactive ketones (excluding diaryl/α,β-unsaturated/α-hetero) is 4. The number of ketones is 4. The van der Waals surface area contributed by atoms with Gasteiger partial charge in [0.2, 0.25) is 23.4 Å². The number of hydrogen-bond donors (Lipinski definition) is 3. The molecule has 0 fully saturated rings. The van der Waals surface area contributed by atoms with Gasteiger partial charge in [-0.05, 0) is 101 Å². The lowest BCUT2D eigenvalue weighted by molar-refractivity contribution is -0.150. The molecule has 0 saturated carbocycles. The van der Waals surface area contributed by atoms with E-state index in [1.165, 1.54) is 26.0 Å². The highest BCUT2D eigenvalue weighted by atomic mass is 32.1. The fourth-order valence-electron chi connectivity index (χ4n) is 7.75. The van der Waals surface area contributed by atoms with Crippen LogP contribution in [0, 0.1) is 60.2 Å². The minimum Gasteiger partial charge on any atom is -0.506 e. The van der Waals surface area contributed by atoms with Crippen molar-refractivity contribution in [3.63, 3.8) is 0 Å². The Morgan fingerprint density at radius 3 is 2.03 bits per heavy atom. The molecule has 1 unspecified atom stereocenters. The van der Waals surface area contributed by atoms with Crippen LogP contribution in [0.15, 0.2) is 23.6 Å². The lowest BCUT2D eigenvalue weighted by Gasteiger charge is -2.38. The van der Waals surface area contributed by atoms with Crippen molar-refractivity contribution in [1.29, 1.82) is 0 Å². The van der Waals surface area contributed by atoms with E-state index < -0.39 is 70.8 Å². The number of esters is 1.